The van der Waals surface area contributed by atoms with Crippen LogP contribution in [-0.4, -0.2) is 16.1 Å². The Labute approximate surface area is 151 Å². The predicted molar refractivity (Wildman–Crippen MR) is 99.5 cm³/mol. The maximum Gasteiger partial charge on any atom is 0.276 e. The molecule has 0 saturated carbocycles. The number of hydrogen-bond acceptors (Lipinski definition) is 4. The average Bonchev–Trinajstić information content (AvgIpc) is 2.68. The summed E-state index contributed by atoms with van der Waals surface area (Å²) in [5.41, 5.74) is 2.57. The minimum atomic E-state index is -0.320. The van der Waals surface area contributed by atoms with Crippen LogP contribution in [0.1, 0.15) is 28.5 Å². The zero-order valence-electron chi connectivity index (χ0n) is 14.4. The smallest absolute Gasteiger partial charge is 0.276 e. The van der Waals surface area contributed by atoms with E-state index in [4.69, 9.17) is 0 Å². The summed E-state index contributed by atoms with van der Waals surface area (Å²) in [5.74, 6) is -0.128. The summed E-state index contributed by atoms with van der Waals surface area (Å²) >= 11 is 0. The van der Waals surface area contributed by atoms with E-state index in [2.05, 4.69) is 20.8 Å². The van der Waals surface area contributed by atoms with Gasteiger partial charge >= 0.3 is 0 Å². The van der Waals surface area contributed by atoms with Gasteiger partial charge in [-0.25, -0.2) is 4.39 Å². The van der Waals surface area contributed by atoms with E-state index < -0.39 is 0 Å². The number of hydrogen-bond donors (Lipinski definition) is 2. The third kappa shape index (κ3) is 4.22. The van der Waals surface area contributed by atoms with Crippen molar-refractivity contribution < 1.29 is 9.18 Å². The van der Waals surface area contributed by atoms with E-state index >= 15 is 0 Å². The number of nitrogens with one attached hydrogen (secondary N) is 2. The van der Waals surface area contributed by atoms with Crippen LogP contribution in [0.2, 0.25) is 0 Å². The van der Waals surface area contributed by atoms with Crippen molar-refractivity contribution in [2.24, 2.45) is 0 Å². The third-order valence-corrected chi connectivity index (χ3v) is 3.96. The standard InChI is InChI=1S/C20H19FN4O/c1-2-14-7-4-6-10-17(14)23-20(26)18-11-12-19(25-24-18)22-13-15-8-3-5-9-16(15)21/h3-12H,2,13H2,1H3,(H,22,25)(H,23,26). The van der Waals surface area contributed by atoms with Gasteiger partial charge in [0.25, 0.3) is 5.91 Å². The molecule has 3 rings (SSSR count). The number of carbonyl (C=O) groups is 1. The highest BCUT2D eigenvalue weighted by Crippen LogP contribution is 2.16. The lowest BCUT2D eigenvalue weighted by Crippen LogP contribution is -2.16. The van der Waals surface area contributed by atoms with Gasteiger partial charge in [0, 0.05) is 17.8 Å². The zero-order chi connectivity index (χ0) is 18.4. The van der Waals surface area contributed by atoms with Crippen molar-refractivity contribution >= 4 is 17.4 Å². The second kappa shape index (κ2) is 8.20. The summed E-state index contributed by atoms with van der Waals surface area (Å²) in [6.07, 6.45) is 0.820. The molecule has 0 unspecified atom stereocenters. The number of rotatable bonds is 6. The first-order chi connectivity index (χ1) is 12.7. The van der Waals surface area contributed by atoms with Crippen LogP contribution >= 0.6 is 0 Å². The molecule has 6 heteroatoms. The third-order valence-electron chi connectivity index (χ3n) is 3.96. The first-order valence-corrected chi connectivity index (χ1v) is 8.37. The van der Waals surface area contributed by atoms with Gasteiger partial charge in [0.05, 0.1) is 0 Å². The quantitative estimate of drug-likeness (QED) is 0.704. The van der Waals surface area contributed by atoms with Crippen LogP contribution in [0.15, 0.2) is 60.7 Å². The molecule has 2 aromatic carbocycles. The highest BCUT2D eigenvalue weighted by atomic mass is 19.1. The van der Waals surface area contributed by atoms with Gasteiger partial charge in [-0.2, -0.15) is 0 Å². The molecular weight excluding hydrogens is 331 g/mol. The lowest BCUT2D eigenvalue weighted by Gasteiger charge is -2.09. The first kappa shape index (κ1) is 17.5. The Balaban J connectivity index is 1.63. The SMILES string of the molecule is CCc1ccccc1NC(=O)c1ccc(NCc2ccccc2F)nn1. The molecule has 1 aromatic heterocycles. The lowest BCUT2D eigenvalue weighted by atomic mass is 10.1. The molecule has 0 saturated heterocycles. The Morgan fingerprint density at radius 1 is 0.962 bits per heavy atom. The molecule has 0 aliphatic heterocycles. The lowest BCUT2D eigenvalue weighted by molar-refractivity contribution is 0.102. The number of carbonyl (C=O) groups excluding carboxylic acids is 1. The summed E-state index contributed by atoms with van der Waals surface area (Å²) in [4.78, 5) is 12.3. The molecule has 0 fully saturated rings. The highest BCUT2D eigenvalue weighted by molar-refractivity contribution is 6.03. The minimum absolute atomic E-state index is 0.215. The minimum Gasteiger partial charge on any atom is -0.364 e. The van der Waals surface area contributed by atoms with Gasteiger partial charge in [0.1, 0.15) is 11.6 Å². The maximum absolute atomic E-state index is 13.6. The second-order valence-corrected chi connectivity index (χ2v) is 5.71. The molecule has 3 aromatic rings. The molecular formula is C20H19FN4O. The Hall–Kier alpha value is -3.28. The van der Waals surface area contributed by atoms with Crippen LogP contribution in [0.5, 0.6) is 0 Å². The van der Waals surface area contributed by atoms with Gasteiger partial charge in [-0.1, -0.05) is 43.3 Å². The van der Waals surface area contributed by atoms with Crippen molar-refractivity contribution in [2.45, 2.75) is 19.9 Å². The molecule has 0 aliphatic carbocycles. The molecule has 5 nitrogen and oxygen atoms in total. The summed E-state index contributed by atoms with van der Waals surface area (Å²) < 4.78 is 13.6. The number of amides is 1. The monoisotopic (exact) mass is 350 g/mol. The van der Waals surface area contributed by atoms with Gasteiger partial charge in [0.15, 0.2) is 5.69 Å². The van der Waals surface area contributed by atoms with Crippen molar-refractivity contribution in [3.63, 3.8) is 0 Å². The molecule has 0 spiro atoms. The molecule has 1 amide bonds. The van der Waals surface area contributed by atoms with Crippen molar-refractivity contribution in [1.82, 2.24) is 10.2 Å². The summed E-state index contributed by atoms with van der Waals surface area (Å²) in [6, 6.07) is 17.4. The number of halogens is 1. The molecule has 0 aliphatic rings. The Bertz CT molecular complexity index is 896. The van der Waals surface area contributed by atoms with Crippen LogP contribution in [-0.2, 0) is 13.0 Å². The van der Waals surface area contributed by atoms with Gasteiger partial charge in [0.2, 0.25) is 0 Å². The summed E-state index contributed by atoms with van der Waals surface area (Å²) in [5, 5.41) is 13.8. The normalized spacial score (nSPS) is 10.4. The molecule has 26 heavy (non-hydrogen) atoms. The van der Waals surface area contributed by atoms with Gasteiger partial charge in [-0.3, -0.25) is 4.79 Å². The fourth-order valence-electron chi connectivity index (χ4n) is 2.51. The average molecular weight is 350 g/mol. The zero-order valence-corrected chi connectivity index (χ0v) is 14.4. The second-order valence-electron chi connectivity index (χ2n) is 5.71. The van der Waals surface area contributed by atoms with Crippen LogP contribution in [0, 0.1) is 5.82 Å². The number of para-hydroxylation sites is 1. The number of anilines is 2. The van der Waals surface area contributed by atoms with Crippen LogP contribution < -0.4 is 10.6 Å². The molecule has 132 valence electrons. The largest absolute Gasteiger partial charge is 0.364 e. The number of nitrogens with zero attached hydrogens (tertiary/aromatic N) is 2. The van der Waals surface area contributed by atoms with Crippen molar-refractivity contribution in [3.05, 3.63) is 83.3 Å². The van der Waals surface area contributed by atoms with Crippen molar-refractivity contribution in [3.8, 4) is 0 Å². The van der Waals surface area contributed by atoms with E-state index in [9.17, 15) is 9.18 Å². The van der Waals surface area contributed by atoms with Crippen LogP contribution in [0.3, 0.4) is 0 Å². The first-order valence-electron chi connectivity index (χ1n) is 8.37. The number of benzene rings is 2. The van der Waals surface area contributed by atoms with E-state index in [-0.39, 0.29) is 24.0 Å². The number of aromatic nitrogens is 2. The predicted octanol–water partition coefficient (Wildman–Crippen LogP) is 4.04. The van der Waals surface area contributed by atoms with E-state index in [1.807, 2.05) is 31.2 Å². The van der Waals surface area contributed by atoms with Gasteiger partial charge in [-0.15, -0.1) is 10.2 Å². The van der Waals surface area contributed by atoms with E-state index in [1.54, 1.807) is 30.3 Å². The summed E-state index contributed by atoms with van der Waals surface area (Å²) in [6.45, 7) is 2.32. The van der Waals surface area contributed by atoms with E-state index in [0.29, 0.717) is 11.4 Å². The van der Waals surface area contributed by atoms with Crippen LogP contribution in [0.4, 0.5) is 15.9 Å². The molecule has 0 radical (unpaired) electrons. The van der Waals surface area contributed by atoms with Crippen molar-refractivity contribution in [2.75, 3.05) is 10.6 Å². The Morgan fingerprint density at radius 3 is 2.38 bits per heavy atom. The molecule has 2 N–H and O–H groups in total. The van der Waals surface area contributed by atoms with E-state index in [1.165, 1.54) is 6.07 Å². The fourth-order valence-corrected chi connectivity index (χ4v) is 2.51. The molecule has 0 bridgehead atoms. The Kier molecular flexibility index (Phi) is 5.53. The number of aryl methyl sites for hydroxylation is 1. The van der Waals surface area contributed by atoms with Crippen molar-refractivity contribution in [1.29, 1.82) is 0 Å². The highest BCUT2D eigenvalue weighted by Gasteiger charge is 2.10. The van der Waals surface area contributed by atoms with Gasteiger partial charge < -0.3 is 10.6 Å². The Morgan fingerprint density at radius 2 is 1.69 bits per heavy atom. The van der Waals surface area contributed by atoms with Crippen LogP contribution in [0.25, 0.3) is 0 Å². The fraction of sp³-hybridized carbons (Fsp3) is 0.150. The van der Waals surface area contributed by atoms with E-state index in [0.717, 1.165) is 17.7 Å². The molecule has 1 heterocycles. The summed E-state index contributed by atoms with van der Waals surface area (Å²) in [7, 11) is 0. The topological polar surface area (TPSA) is 66.9 Å². The van der Waals surface area contributed by atoms with Gasteiger partial charge in [-0.05, 0) is 36.2 Å². The maximum atomic E-state index is 13.6. The molecule has 0 atom stereocenters.